The first kappa shape index (κ1) is 11.5. The second-order valence-electron chi connectivity index (χ2n) is 3.41. The van der Waals surface area contributed by atoms with Crippen LogP contribution in [0.2, 0.25) is 0 Å². The van der Waals surface area contributed by atoms with Crippen molar-refractivity contribution in [2.75, 3.05) is 7.05 Å². The monoisotopic (exact) mass is 257 g/mol. The maximum atomic E-state index is 5.71. The van der Waals surface area contributed by atoms with Crippen LogP contribution in [0.1, 0.15) is 19.4 Å². The van der Waals surface area contributed by atoms with Crippen LogP contribution in [-0.2, 0) is 6.54 Å². The van der Waals surface area contributed by atoms with Gasteiger partial charge in [0.15, 0.2) is 0 Å². The van der Waals surface area contributed by atoms with Gasteiger partial charge in [0.1, 0.15) is 5.75 Å². The number of nitrogens with one attached hydrogen (secondary N) is 1. The van der Waals surface area contributed by atoms with Crippen LogP contribution in [0, 0.1) is 0 Å². The highest BCUT2D eigenvalue weighted by Crippen LogP contribution is 2.27. The van der Waals surface area contributed by atoms with Gasteiger partial charge in [-0.3, -0.25) is 0 Å². The molecule has 0 aliphatic rings. The van der Waals surface area contributed by atoms with Crippen molar-refractivity contribution in [3.8, 4) is 5.75 Å². The molecule has 0 amide bonds. The van der Waals surface area contributed by atoms with E-state index >= 15 is 0 Å². The number of hydrogen-bond acceptors (Lipinski definition) is 2. The van der Waals surface area contributed by atoms with Crippen molar-refractivity contribution in [1.82, 2.24) is 5.32 Å². The molecule has 0 aliphatic heterocycles. The molecule has 0 bridgehead atoms. The summed E-state index contributed by atoms with van der Waals surface area (Å²) in [6.07, 6.45) is 0.208. The Kier molecular flexibility index (Phi) is 4.42. The number of halogens is 1. The van der Waals surface area contributed by atoms with Gasteiger partial charge in [-0.15, -0.1) is 0 Å². The molecule has 0 saturated carbocycles. The molecule has 0 spiro atoms. The van der Waals surface area contributed by atoms with Crippen LogP contribution in [-0.4, -0.2) is 13.2 Å². The first-order valence-corrected chi connectivity index (χ1v) is 5.53. The smallest absolute Gasteiger partial charge is 0.125 e. The molecule has 0 heterocycles. The van der Waals surface area contributed by atoms with Gasteiger partial charge < -0.3 is 10.1 Å². The molecule has 0 unspecified atom stereocenters. The van der Waals surface area contributed by atoms with E-state index in [1.54, 1.807) is 0 Å². The summed E-state index contributed by atoms with van der Waals surface area (Å²) in [4.78, 5) is 0. The Hall–Kier alpha value is -0.540. The zero-order valence-corrected chi connectivity index (χ0v) is 10.4. The SMILES string of the molecule is CNCc1c(Br)cccc1OC(C)C. The molecular formula is C11H16BrNO. The Labute approximate surface area is 93.8 Å². The predicted octanol–water partition coefficient (Wildman–Crippen LogP) is 2.96. The lowest BCUT2D eigenvalue weighted by Crippen LogP contribution is -2.11. The maximum Gasteiger partial charge on any atom is 0.125 e. The fourth-order valence-corrected chi connectivity index (χ4v) is 1.74. The Morgan fingerprint density at radius 2 is 2.14 bits per heavy atom. The van der Waals surface area contributed by atoms with E-state index in [1.807, 2.05) is 39.1 Å². The zero-order valence-electron chi connectivity index (χ0n) is 8.80. The lowest BCUT2D eigenvalue weighted by molar-refractivity contribution is 0.239. The van der Waals surface area contributed by atoms with E-state index in [0.717, 1.165) is 16.8 Å². The van der Waals surface area contributed by atoms with E-state index in [-0.39, 0.29) is 6.10 Å². The molecule has 0 aliphatic carbocycles. The third kappa shape index (κ3) is 3.00. The van der Waals surface area contributed by atoms with Gasteiger partial charge in [0, 0.05) is 16.6 Å². The van der Waals surface area contributed by atoms with Crippen LogP contribution in [0.5, 0.6) is 5.75 Å². The fraction of sp³-hybridized carbons (Fsp3) is 0.455. The molecule has 0 fully saturated rings. The standard InChI is InChI=1S/C11H16BrNO/c1-8(2)14-11-6-4-5-10(12)9(11)7-13-3/h4-6,8,13H,7H2,1-3H3. The van der Waals surface area contributed by atoms with E-state index in [1.165, 1.54) is 5.56 Å². The van der Waals surface area contributed by atoms with Gasteiger partial charge in [-0.05, 0) is 33.0 Å². The lowest BCUT2D eigenvalue weighted by atomic mass is 10.2. The summed E-state index contributed by atoms with van der Waals surface area (Å²) < 4.78 is 6.80. The molecule has 1 N–H and O–H groups in total. The van der Waals surface area contributed by atoms with Crippen molar-refractivity contribution in [3.63, 3.8) is 0 Å². The van der Waals surface area contributed by atoms with Gasteiger partial charge in [0.25, 0.3) is 0 Å². The minimum absolute atomic E-state index is 0.208. The highest BCUT2D eigenvalue weighted by Gasteiger charge is 2.07. The van der Waals surface area contributed by atoms with Gasteiger partial charge in [-0.1, -0.05) is 22.0 Å². The van der Waals surface area contributed by atoms with E-state index in [0.29, 0.717) is 0 Å². The zero-order chi connectivity index (χ0) is 10.6. The summed E-state index contributed by atoms with van der Waals surface area (Å²) >= 11 is 3.52. The van der Waals surface area contributed by atoms with Gasteiger partial charge in [-0.25, -0.2) is 0 Å². The van der Waals surface area contributed by atoms with Gasteiger partial charge >= 0.3 is 0 Å². The van der Waals surface area contributed by atoms with Crippen molar-refractivity contribution < 1.29 is 4.74 Å². The number of rotatable bonds is 4. The average Bonchev–Trinajstić information content (AvgIpc) is 2.10. The summed E-state index contributed by atoms with van der Waals surface area (Å²) in [7, 11) is 1.93. The number of hydrogen-bond donors (Lipinski definition) is 1. The first-order valence-electron chi connectivity index (χ1n) is 4.73. The van der Waals surface area contributed by atoms with Gasteiger partial charge in [0.05, 0.1) is 6.10 Å². The molecule has 1 aromatic rings. The minimum Gasteiger partial charge on any atom is -0.491 e. The van der Waals surface area contributed by atoms with Crippen molar-refractivity contribution in [3.05, 3.63) is 28.2 Å². The predicted molar refractivity (Wildman–Crippen MR) is 62.7 cm³/mol. The Morgan fingerprint density at radius 1 is 1.43 bits per heavy atom. The van der Waals surface area contributed by atoms with Gasteiger partial charge in [-0.2, -0.15) is 0 Å². The van der Waals surface area contributed by atoms with Crippen LogP contribution in [0.15, 0.2) is 22.7 Å². The number of benzene rings is 1. The molecule has 2 nitrogen and oxygen atoms in total. The molecule has 0 saturated heterocycles. The van der Waals surface area contributed by atoms with Crippen LogP contribution in [0.3, 0.4) is 0 Å². The normalized spacial score (nSPS) is 10.6. The highest BCUT2D eigenvalue weighted by atomic mass is 79.9. The molecular weight excluding hydrogens is 242 g/mol. The lowest BCUT2D eigenvalue weighted by Gasteiger charge is -2.15. The largest absolute Gasteiger partial charge is 0.491 e. The summed E-state index contributed by atoms with van der Waals surface area (Å²) in [5.74, 6) is 0.948. The maximum absolute atomic E-state index is 5.71. The van der Waals surface area contributed by atoms with E-state index < -0.39 is 0 Å². The molecule has 1 rings (SSSR count). The second-order valence-corrected chi connectivity index (χ2v) is 4.27. The molecule has 14 heavy (non-hydrogen) atoms. The molecule has 3 heteroatoms. The highest BCUT2D eigenvalue weighted by molar-refractivity contribution is 9.10. The number of ether oxygens (including phenoxy) is 1. The van der Waals surface area contributed by atoms with Gasteiger partial charge in [0.2, 0.25) is 0 Å². The second kappa shape index (κ2) is 5.37. The van der Waals surface area contributed by atoms with Crippen molar-refractivity contribution in [1.29, 1.82) is 0 Å². The van der Waals surface area contributed by atoms with Crippen molar-refractivity contribution in [2.45, 2.75) is 26.5 Å². The van der Waals surface area contributed by atoms with Crippen molar-refractivity contribution in [2.24, 2.45) is 0 Å². The van der Waals surface area contributed by atoms with Crippen LogP contribution in [0.25, 0.3) is 0 Å². The van der Waals surface area contributed by atoms with Crippen LogP contribution < -0.4 is 10.1 Å². The summed E-state index contributed by atoms with van der Waals surface area (Å²) in [5, 5.41) is 3.13. The Bertz CT molecular complexity index is 299. The molecule has 78 valence electrons. The molecule has 0 radical (unpaired) electrons. The molecule has 0 atom stereocenters. The summed E-state index contributed by atoms with van der Waals surface area (Å²) in [6, 6.07) is 6.01. The van der Waals surface area contributed by atoms with E-state index in [4.69, 9.17) is 4.74 Å². The molecule has 1 aromatic carbocycles. The average molecular weight is 258 g/mol. The topological polar surface area (TPSA) is 21.3 Å². The Morgan fingerprint density at radius 3 is 2.71 bits per heavy atom. The third-order valence-corrected chi connectivity index (χ3v) is 2.54. The third-order valence-electron chi connectivity index (χ3n) is 1.79. The summed E-state index contributed by atoms with van der Waals surface area (Å²) in [6.45, 7) is 4.87. The minimum atomic E-state index is 0.208. The fourth-order valence-electron chi connectivity index (χ4n) is 1.25. The quantitative estimate of drug-likeness (QED) is 0.896. The summed E-state index contributed by atoms with van der Waals surface area (Å²) in [5.41, 5.74) is 1.17. The van der Waals surface area contributed by atoms with Crippen molar-refractivity contribution >= 4 is 15.9 Å². The van der Waals surface area contributed by atoms with E-state index in [2.05, 4.69) is 21.2 Å². The van der Waals surface area contributed by atoms with Crippen LogP contribution in [0.4, 0.5) is 0 Å². The van der Waals surface area contributed by atoms with E-state index in [9.17, 15) is 0 Å². The Balaban J connectivity index is 2.95. The first-order chi connectivity index (χ1) is 6.65. The van der Waals surface area contributed by atoms with Crippen LogP contribution >= 0.6 is 15.9 Å². The molecule has 0 aromatic heterocycles.